The van der Waals surface area contributed by atoms with Gasteiger partial charge in [-0.1, -0.05) is 19.0 Å². The highest BCUT2D eigenvalue weighted by atomic mass is 16.6. The number of carboxylic acids is 2. The minimum Gasteiger partial charge on any atom is -0.478 e. The number of oxime groups is 1. The lowest BCUT2D eigenvalue weighted by atomic mass is 10.3. The van der Waals surface area contributed by atoms with Gasteiger partial charge >= 0.3 is 11.9 Å². The van der Waals surface area contributed by atoms with Crippen LogP contribution < -0.4 is 5.32 Å². The van der Waals surface area contributed by atoms with Crippen molar-refractivity contribution in [3.05, 3.63) is 12.2 Å². The summed E-state index contributed by atoms with van der Waals surface area (Å²) in [7, 11) is 0. The smallest absolute Gasteiger partial charge is 0.328 e. The molecule has 1 atom stereocenters. The fourth-order valence-corrected chi connectivity index (χ4v) is 0.826. The number of hydrogen-bond donors (Lipinski definition) is 4. The molecule has 0 aromatic heterocycles. The van der Waals surface area contributed by atoms with E-state index in [9.17, 15) is 14.7 Å². The molecule has 0 aromatic rings. The largest absolute Gasteiger partial charge is 0.478 e. The quantitative estimate of drug-likeness (QED) is 0.291. The molecule has 0 aliphatic rings. The Morgan fingerprint density at radius 2 is 1.67 bits per heavy atom. The average molecular weight is 304 g/mol. The van der Waals surface area contributed by atoms with Crippen molar-refractivity contribution in [2.75, 3.05) is 13.2 Å². The van der Waals surface area contributed by atoms with E-state index >= 15 is 0 Å². The normalized spacial score (nSPS) is 11.5. The molecule has 0 aromatic carbocycles. The summed E-state index contributed by atoms with van der Waals surface area (Å²) < 4.78 is 0. The third-order valence-electron chi connectivity index (χ3n) is 1.64. The first-order valence-corrected chi connectivity index (χ1v) is 6.33. The second-order valence-electron chi connectivity index (χ2n) is 4.56. The second-order valence-corrected chi connectivity index (χ2v) is 4.56. The molecule has 0 saturated heterocycles. The predicted molar refractivity (Wildman–Crippen MR) is 78.3 cm³/mol. The van der Waals surface area contributed by atoms with Crippen molar-refractivity contribution in [3.8, 4) is 0 Å². The molecule has 0 bridgehead atoms. The molecule has 0 rings (SSSR count). The number of aliphatic hydroxyl groups excluding tert-OH is 1. The Labute approximate surface area is 124 Å². The van der Waals surface area contributed by atoms with Gasteiger partial charge in [0.25, 0.3) is 0 Å². The molecule has 21 heavy (non-hydrogen) atoms. The SMILES string of the molecule is CC(C)=NOCC(O)CNC(C)C.O=C(O)/C=C/C(=O)O. The molecule has 1 unspecified atom stereocenters. The molecular weight excluding hydrogens is 280 g/mol. The molecule has 122 valence electrons. The summed E-state index contributed by atoms with van der Waals surface area (Å²) in [6.45, 7) is 8.53. The van der Waals surface area contributed by atoms with E-state index in [1.54, 1.807) is 0 Å². The van der Waals surface area contributed by atoms with Crippen molar-refractivity contribution in [1.29, 1.82) is 0 Å². The van der Waals surface area contributed by atoms with E-state index in [-0.39, 0.29) is 6.61 Å². The Kier molecular flexibility index (Phi) is 13.3. The summed E-state index contributed by atoms with van der Waals surface area (Å²) in [5.74, 6) is -2.51. The van der Waals surface area contributed by atoms with Gasteiger partial charge in [0, 0.05) is 24.7 Å². The van der Waals surface area contributed by atoms with Crippen LogP contribution in [-0.2, 0) is 14.4 Å². The first-order chi connectivity index (χ1) is 9.65. The third-order valence-corrected chi connectivity index (χ3v) is 1.64. The molecule has 0 heterocycles. The van der Waals surface area contributed by atoms with Gasteiger partial charge < -0.3 is 25.5 Å². The van der Waals surface area contributed by atoms with Crippen LogP contribution in [0.3, 0.4) is 0 Å². The molecule has 0 saturated carbocycles. The monoisotopic (exact) mass is 304 g/mol. The molecule has 0 amide bonds. The van der Waals surface area contributed by atoms with Gasteiger partial charge in [-0.15, -0.1) is 0 Å². The fraction of sp³-hybridized carbons (Fsp3) is 0.615. The average Bonchev–Trinajstić information content (AvgIpc) is 2.34. The van der Waals surface area contributed by atoms with Crippen LogP contribution in [0.2, 0.25) is 0 Å². The van der Waals surface area contributed by atoms with Gasteiger partial charge in [-0.2, -0.15) is 0 Å². The lowest BCUT2D eigenvalue weighted by Gasteiger charge is -2.12. The topological polar surface area (TPSA) is 128 Å². The summed E-state index contributed by atoms with van der Waals surface area (Å²) in [5.41, 5.74) is 0.851. The van der Waals surface area contributed by atoms with E-state index in [1.807, 2.05) is 27.7 Å². The number of carboxylic acid groups (broad SMARTS) is 2. The van der Waals surface area contributed by atoms with E-state index in [4.69, 9.17) is 15.1 Å². The standard InChI is InChI=1S/C9H20N2O2.C4H4O4/c1-7(2)10-5-9(12)6-13-11-8(3)4;5-3(6)1-2-4(7)8/h7,9-10,12H,5-6H2,1-4H3;1-2H,(H,5,6)(H,7,8)/b;2-1+. The van der Waals surface area contributed by atoms with Crippen molar-refractivity contribution >= 4 is 17.7 Å². The lowest BCUT2D eigenvalue weighted by molar-refractivity contribution is -0.134. The number of nitrogens with one attached hydrogen (secondary N) is 1. The van der Waals surface area contributed by atoms with Gasteiger partial charge in [-0.3, -0.25) is 0 Å². The van der Waals surface area contributed by atoms with E-state index in [1.165, 1.54) is 0 Å². The summed E-state index contributed by atoms with van der Waals surface area (Å²) >= 11 is 0. The summed E-state index contributed by atoms with van der Waals surface area (Å²) in [6, 6.07) is 0.381. The zero-order valence-electron chi connectivity index (χ0n) is 12.7. The molecule has 4 N–H and O–H groups in total. The molecule has 0 aliphatic carbocycles. The lowest BCUT2D eigenvalue weighted by Crippen LogP contribution is -2.34. The van der Waals surface area contributed by atoms with Crippen molar-refractivity contribution < 1.29 is 29.7 Å². The van der Waals surface area contributed by atoms with Crippen molar-refractivity contribution in [1.82, 2.24) is 5.32 Å². The molecule has 0 radical (unpaired) electrons. The number of rotatable bonds is 8. The van der Waals surface area contributed by atoms with Crippen LogP contribution in [0, 0.1) is 0 Å². The first-order valence-electron chi connectivity index (χ1n) is 6.33. The molecule has 8 nitrogen and oxygen atoms in total. The van der Waals surface area contributed by atoms with E-state index in [0.717, 1.165) is 5.71 Å². The number of aliphatic carboxylic acids is 2. The molecule has 0 aliphatic heterocycles. The minimum atomic E-state index is -1.26. The van der Waals surface area contributed by atoms with E-state index < -0.39 is 18.0 Å². The van der Waals surface area contributed by atoms with Gasteiger partial charge in [-0.25, -0.2) is 9.59 Å². The first kappa shape index (κ1) is 21.4. The van der Waals surface area contributed by atoms with Gasteiger partial charge in [-0.05, 0) is 13.8 Å². The Balaban J connectivity index is 0. The maximum absolute atomic E-state index is 9.55. The van der Waals surface area contributed by atoms with Gasteiger partial charge in [0.2, 0.25) is 0 Å². The van der Waals surface area contributed by atoms with Crippen molar-refractivity contribution in [2.45, 2.75) is 39.8 Å². The second kappa shape index (κ2) is 13.1. The van der Waals surface area contributed by atoms with E-state index in [0.29, 0.717) is 24.7 Å². The van der Waals surface area contributed by atoms with Crippen LogP contribution in [0.15, 0.2) is 17.3 Å². The zero-order valence-corrected chi connectivity index (χ0v) is 12.7. The Hall–Kier alpha value is -1.93. The van der Waals surface area contributed by atoms with Crippen LogP contribution in [-0.4, -0.2) is 58.3 Å². The van der Waals surface area contributed by atoms with Crippen LogP contribution in [0.1, 0.15) is 27.7 Å². The number of carbonyl (C=O) groups is 2. The third kappa shape index (κ3) is 23.6. The molecule has 0 fully saturated rings. The minimum absolute atomic E-state index is 0.241. The van der Waals surface area contributed by atoms with Gasteiger partial charge in [0.05, 0.1) is 5.71 Å². The summed E-state index contributed by atoms with van der Waals surface area (Å²) in [4.78, 5) is 24.0. The summed E-state index contributed by atoms with van der Waals surface area (Å²) in [6.07, 6.45) is 0.621. The van der Waals surface area contributed by atoms with Crippen molar-refractivity contribution in [2.24, 2.45) is 5.16 Å². The molecule has 8 heteroatoms. The van der Waals surface area contributed by atoms with Crippen molar-refractivity contribution in [3.63, 3.8) is 0 Å². The molecule has 0 spiro atoms. The molecular formula is C13H24N2O6. The van der Waals surface area contributed by atoms with E-state index in [2.05, 4.69) is 10.5 Å². The number of hydrogen-bond acceptors (Lipinski definition) is 6. The zero-order chi connectivity index (χ0) is 16.8. The van der Waals surface area contributed by atoms with Gasteiger partial charge in [0.1, 0.15) is 12.7 Å². The van der Waals surface area contributed by atoms with Crippen LogP contribution in [0.25, 0.3) is 0 Å². The maximum Gasteiger partial charge on any atom is 0.328 e. The highest BCUT2D eigenvalue weighted by Gasteiger charge is 2.04. The predicted octanol–water partition coefficient (Wildman–Crippen LogP) is 0.470. The Morgan fingerprint density at radius 1 is 1.19 bits per heavy atom. The number of aliphatic hydroxyl groups is 1. The Morgan fingerprint density at radius 3 is 2.00 bits per heavy atom. The van der Waals surface area contributed by atoms with Crippen LogP contribution in [0.5, 0.6) is 0 Å². The summed E-state index contributed by atoms with van der Waals surface area (Å²) in [5, 5.41) is 31.8. The Bertz CT molecular complexity index is 346. The maximum atomic E-state index is 9.55. The highest BCUT2D eigenvalue weighted by molar-refractivity contribution is 5.89. The van der Waals surface area contributed by atoms with Crippen LogP contribution >= 0.6 is 0 Å². The van der Waals surface area contributed by atoms with Crippen LogP contribution in [0.4, 0.5) is 0 Å². The van der Waals surface area contributed by atoms with Gasteiger partial charge in [0.15, 0.2) is 0 Å². The highest BCUT2D eigenvalue weighted by Crippen LogP contribution is 1.87. The number of nitrogens with zero attached hydrogens (tertiary/aromatic N) is 1. The fourth-order valence-electron chi connectivity index (χ4n) is 0.826.